The van der Waals surface area contributed by atoms with E-state index in [0.29, 0.717) is 0 Å². The Hall–Kier alpha value is -1.29. The molecule has 0 aromatic rings. The molecule has 64 valence electrons. The quantitative estimate of drug-likeness (QED) is 0.600. The average Bonchev–Trinajstić information content (AvgIpc) is 1.89. The minimum Gasteiger partial charge on any atom is -0.478 e. The van der Waals surface area contributed by atoms with Crippen LogP contribution in [0, 0.1) is 0 Å². The highest BCUT2D eigenvalue weighted by atomic mass is 35.5. The summed E-state index contributed by atoms with van der Waals surface area (Å²) in [4.78, 5) is 18.7. The second-order valence-corrected chi connectivity index (χ2v) is 1.15. The average molecular weight is 180 g/mol. The van der Waals surface area contributed by atoms with Gasteiger partial charge < -0.3 is 10.8 Å². The van der Waals surface area contributed by atoms with Crippen LogP contribution in [0.4, 0.5) is 0 Å². The number of carbonyl (C=O) groups excluding carboxylic acids is 1. The molecule has 0 radical (unpaired) electrons. The lowest BCUT2D eigenvalue weighted by atomic mass is 10.6. The lowest BCUT2D eigenvalue weighted by molar-refractivity contribution is -0.131. The third-order valence-corrected chi connectivity index (χ3v) is 0.376. The van der Waals surface area contributed by atoms with Crippen LogP contribution in [0.2, 0.25) is 0 Å². The Morgan fingerprint density at radius 3 is 1.45 bits per heavy atom. The van der Waals surface area contributed by atoms with E-state index in [4.69, 9.17) is 5.11 Å². The molecule has 0 spiro atoms. The maximum atomic E-state index is 9.47. The van der Waals surface area contributed by atoms with E-state index in [2.05, 4.69) is 18.9 Å². The standard InChI is InChI=1S/C3H5NO.C3H4O2.ClH/c2*1-2-3(4)5;/h2H,1H2,(H2,4,5);2H,1H2,(H,4,5);1H. The normalized spacial score (nSPS) is 5.82. The van der Waals surface area contributed by atoms with Crippen LogP contribution in [-0.2, 0) is 9.59 Å². The Balaban J connectivity index is -0.000000107. The monoisotopic (exact) mass is 179 g/mol. The molecule has 0 aliphatic heterocycles. The summed E-state index contributed by atoms with van der Waals surface area (Å²) in [6.07, 6.45) is 1.89. The molecule has 0 aliphatic carbocycles. The van der Waals surface area contributed by atoms with E-state index in [-0.39, 0.29) is 12.4 Å². The van der Waals surface area contributed by atoms with E-state index in [1.54, 1.807) is 0 Å². The fourth-order valence-electron chi connectivity index (χ4n) is 0. The van der Waals surface area contributed by atoms with Gasteiger partial charge in [0, 0.05) is 6.08 Å². The number of rotatable bonds is 2. The molecule has 4 nitrogen and oxygen atoms in total. The van der Waals surface area contributed by atoms with E-state index in [1.807, 2.05) is 0 Å². The third-order valence-electron chi connectivity index (χ3n) is 0.376. The molecule has 11 heavy (non-hydrogen) atoms. The molecular weight excluding hydrogens is 170 g/mol. The highest BCUT2D eigenvalue weighted by Crippen LogP contribution is 1.54. The van der Waals surface area contributed by atoms with Gasteiger partial charge in [0.2, 0.25) is 5.91 Å². The van der Waals surface area contributed by atoms with Gasteiger partial charge in [0.05, 0.1) is 0 Å². The summed E-state index contributed by atoms with van der Waals surface area (Å²) in [6, 6.07) is 0. The van der Waals surface area contributed by atoms with Gasteiger partial charge in [0.1, 0.15) is 0 Å². The molecule has 0 atom stereocenters. The van der Waals surface area contributed by atoms with Crippen molar-refractivity contribution < 1.29 is 14.7 Å². The van der Waals surface area contributed by atoms with Crippen LogP contribution in [-0.4, -0.2) is 17.0 Å². The van der Waals surface area contributed by atoms with Crippen molar-refractivity contribution >= 4 is 24.3 Å². The molecule has 3 N–H and O–H groups in total. The number of carbonyl (C=O) groups is 2. The first kappa shape index (κ1) is 16.4. The Morgan fingerprint density at radius 1 is 1.27 bits per heavy atom. The lowest BCUT2D eigenvalue weighted by Crippen LogP contribution is -2.04. The first-order valence-electron chi connectivity index (χ1n) is 2.31. The fraction of sp³-hybridized carbons (Fsp3) is 0. The number of amides is 1. The number of primary amides is 1. The maximum absolute atomic E-state index is 9.47. The summed E-state index contributed by atoms with van der Waals surface area (Å²) in [5.41, 5.74) is 4.53. The van der Waals surface area contributed by atoms with Gasteiger partial charge in [-0.05, 0) is 6.08 Å². The molecule has 0 aromatic heterocycles. The third kappa shape index (κ3) is 53.4. The topological polar surface area (TPSA) is 80.4 Å². The van der Waals surface area contributed by atoms with Gasteiger partial charge >= 0.3 is 5.97 Å². The largest absolute Gasteiger partial charge is 0.478 e. The summed E-state index contributed by atoms with van der Waals surface area (Å²) in [7, 11) is 0. The second kappa shape index (κ2) is 11.5. The van der Waals surface area contributed by atoms with Crippen molar-refractivity contribution in [3.8, 4) is 0 Å². The molecule has 0 aliphatic rings. The van der Waals surface area contributed by atoms with E-state index in [0.717, 1.165) is 12.2 Å². The van der Waals surface area contributed by atoms with Crippen LogP contribution in [0.15, 0.2) is 25.3 Å². The minimum absolute atomic E-state index is 0. The van der Waals surface area contributed by atoms with Gasteiger partial charge in [-0.1, -0.05) is 13.2 Å². The van der Waals surface area contributed by atoms with Crippen molar-refractivity contribution in [3.05, 3.63) is 25.3 Å². The first-order chi connectivity index (χ1) is 4.54. The number of carboxylic acids is 1. The van der Waals surface area contributed by atoms with E-state index >= 15 is 0 Å². The molecule has 0 aromatic carbocycles. The van der Waals surface area contributed by atoms with Crippen LogP contribution in [0.5, 0.6) is 0 Å². The van der Waals surface area contributed by atoms with Crippen LogP contribution >= 0.6 is 12.4 Å². The second-order valence-electron chi connectivity index (χ2n) is 1.15. The Kier molecular flexibility index (Phi) is 17.1. The van der Waals surface area contributed by atoms with Crippen molar-refractivity contribution in [3.63, 3.8) is 0 Å². The van der Waals surface area contributed by atoms with Crippen molar-refractivity contribution in [2.75, 3.05) is 0 Å². The van der Waals surface area contributed by atoms with Crippen LogP contribution in [0.25, 0.3) is 0 Å². The number of carboxylic acid groups (broad SMARTS) is 1. The number of aliphatic carboxylic acids is 1. The van der Waals surface area contributed by atoms with Gasteiger partial charge in [-0.2, -0.15) is 0 Å². The number of halogens is 1. The molecule has 0 saturated heterocycles. The Labute approximate surface area is 70.8 Å². The summed E-state index contributed by atoms with van der Waals surface area (Å²) in [5.74, 6) is -1.46. The molecule has 1 amide bonds. The number of hydrogen-bond acceptors (Lipinski definition) is 2. The molecule has 5 heteroatoms. The Bertz CT molecular complexity index is 138. The van der Waals surface area contributed by atoms with Gasteiger partial charge in [0.25, 0.3) is 0 Å². The van der Waals surface area contributed by atoms with E-state index < -0.39 is 11.9 Å². The molecule has 0 rings (SSSR count). The predicted molar refractivity (Wildman–Crippen MR) is 44.5 cm³/mol. The zero-order chi connectivity index (χ0) is 8.57. The van der Waals surface area contributed by atoms with Crippen molar-refractivity contribution in [1.82, 2.24) is 0 Å². The highest BCUT2D eigenvalue weighted by Gasteiger charge is 1.73. The summed E-state index contributed by atoms with van der Waals surface area (Å²) in [6.45, 7) is 6.05. The van der Waals surface area contributed by atoms with Gasteiger partial charge in [-0.15, -0.1) is 12.4 Å². The Morgan fingerprint density at radius 2 is 1.45 bits per heavy atom. The predicted octanol–water partition coefficient (Wildman–Crippen LogP) is 0.336. The molecule has 0 unspecified atom stereocenters. The maximum Gasteiger partial charge on any atom is 0.327 e. The lowest BCUT2D eigenvalue weighted by Gasteiger charge is -1.65. The first-order valence-corrected chi connectivity index (χ1v) is 2.31. The number of nitrogens with two attached hydrogens (primary N) is 1. The SMILES string of the molecule is C=CC(=O)O.C=CC(N)=O.Cl. The molecule has 0 fully saturated rings. The smallest absolute Gasteiger partial charge is 0.327 e. The van der Waals surface area contributed by atoms with Crippen LogP contribution < -0.4 is 5.73 Å². The molecular formula is C6H10ClNO3. The molecule has 0 heterocycles. The zero-order valence-electron chi connectivity index (χ0n) is 5.82. The molecule has 0 saturated carbocycles. The van der Waals surface area contributed by atoms with Crippen LogP contribution in [0.3, 0.4) is 0 Å². The van der Waals surface area contributed by atoms with Gasteiger partial charge in [-0.3, -0.25) is 4.79 Å². The minimum atomic E-state index is -0.981. The highest BCUT2D eigenvalue weighted by molar-refractivity contribution is 5.85. The zero-order valence-corrected chi connectivity index (χ0v) is 6.63. The van der Waals surface area contributed by atoms with E-state index in [1.165, 1.54) is 0 Å². The summed E-state index contributed by atoms with van der Waals surface area (Å²) >= 11 is 0. The number of hydrogen-bond donors (Lipinski definition) is 2. The van der Waals surface area contributed by atoms with Gasteiger partial charge in [0.15, 0.2) is 0 Å². The summed E-state index contributed by atoms with van der Waals surface area (Å²) < 4.78 is 0. The van der Waals surface area contributed by atoms with Crippen molar-refractivity contribution in [1.29, 1.82) is 0 Å². The van der Waals surface area contributed by atoms with Crippen molar-refractivity contribution in [2.24, 2.45) is 5.73 Å². The summed E-state index contributed by atoms with van der Waals surface area (Å²) in [5, 5.41) is 7.60. The fourth-order valence-corrected chi connectivity index (χ4v) is 0. The van der Waals surface area contributed by atoms with Gasteiger partial charge in [-0.25, -0.2) is 4.79 Å². The van der Waals surface area contributed by atoms with Crippen LogP contribution in [0.1, 0.15) is 0 Å². The van der Waals surface area contributed by atoms with Crippen molar-refractivity contribution in [2.45, 2.75) is 0 Å². The molecule has 0 bridgehead atoms. The van der Waals surface area contributed by atoms with E-state index in [9.17, 15) is 9.59 Å².